The van der Waals surface area contributed by atoms with Crippen molar-refractivity contribution in [2.45, 2.75) is 6.61 Å². The lowest BCUT2D eigenvalue weighted by atomic mass is 10.1. The second-order valence-electron chi connectivity index (χ2n) is 6.18. The molecular weight excluding hydrogens is 352 g/mol. The Bertz CT molecular complexity index is 1110. The highest BCUT2D eigenvalue weighted by Gasteiger charge is 2.07. The van der Waals surface area contributed by atoms with Gasteiger partial charge in [-0.25, -0.2) is 5.43 Å². The predicted octanol–water partition coefficient (Wildman–Crippen LogP) is 4.78. The van der Waals surface area contributed by atoms with E-state index in [4.69, 9.17) is 9.15 Å². The van der Waals surface area contributed by atoms with E-state index in [2.05, 4.69) is 22.7 Å². The molecule has 0 aliphatic heterocycles. The topological polar surface area (TPSA) is 63.8 Å². The van der Waals surface area contributed by atoms with E-state index in [1.807, 2.05) is 42.5 Å². The van der Waals surface area contributed by atoms with Crippen molar-refractivity contribution in [3.63, 3.8) is 0 Å². The summed E-state index contributed by atoms with van der Waals surface area (Å²) in [5.74, 6) is 1.09. The molecule has 0 unspecified atom stereocenters. The molecule has 4 rings (SSSR count). The number of benzene rings is 3. The van der Waals surface area contributed by atoms with Gasteiger partial charge in [-0.2, -0.15) is 5.10 Å². The van der Waals surface area contributed by atoms with Crippen LogP contribution in [0.2, 0.25) is 0 Å². The maximum absolute atomic E-state index is 12.3. The lowest BCUT2D eigenvalue weighted by Gasteiger charge is -2.10. The maximum atomic E-state index is 12.3. The van der Waals surface area contributed by atoms with Gasteiger partial charge in [0, 0.05) is 10.9 Å². The number of rotatable bonds is 6. The molecule has 1 amide bonds. The van der Waals surface area contributed by atoms with Crippen LogP contribution in [0.5, 0.6) is 5.75 Å². The van der Waals surface area contributed by atoms with Crippen molar-refractivity contribution in [2.24, 2.45) is 5.10 Å². The lowest BCUT2D eigenvalue weighted by Crippen LogP contribution is -2.17. The van der Waals surface area contributed by atoms with Crippen LogP contribution in [0.3, 0.4) is 0 Å². The van der Waals surface area contributed by atoms with Crippen LogP contribution in [0.1, 0.15) is 21.7 Å². The summed E-state index contributed by atoms with van der Waals surface area (Å²) in [6, 6.07) is 24.8. The second-order valence-corrected chi connectivity index (χ2v) is 6.18. The molecule has 1 N–H and O–H groups in total. The molecule has 138 valence electrons. The largest absolute Gasteiger partial charge is 0.488 e. The number of carbonyl (C=O) groups is 1. The molecule has 5 nitrogen and oxygen atoms in total. The third-order valence-electron chi connectivity index (χ3n) is 4.23. The Morgan fingerprint density at radius 3 is 2.75 bits per heavy atom. The molecule has 28 heavy (non-hydrogen) atoms. The van der Waals surface area contributed by atoms with E-state index < -0.39 is 0 Å². The Morgan fingerprint density at radius 2 is 1.86 bits per heavy atom. The van der Waals surface area contributed by atoms with Crippen molar-refractivity contribution in [1.82, 2.24) is 5.43 Å². The van der Waals surface area contributed by atoms with Crippen molar-refractivity contribution in [1.29, 1.82) is 0 Å². The van der Waals surface area contributed by atoms with Gasteiger partial charge in [-0.05, 0) is 41.3 Å². The second kappa shape index (κ2) is 8.22. The van der Waals surface area contributed by atoms with Crippen molar-refractivity contribution >= 4 is 22.9 Å². The van der Waals surface area contributed by atoms with Crippen molar-refractivity contribution in [2.75, 3.05) is 0 Å². The summed E-state index contributed by atoms with van der Waals surface area (Å²) in [6.45, 7) is 0.366. The number of hydrogen-bond acceptors (Lipinski definition) is 4. The van der Waals surface area contributed by atoms with E-state index in [0.29, 0.717) is 17.9 Å². The molecule has 0 saturated heterocycles. The predicted molar refractivity (Wildman–Crippen MR) is 108 cm³/mol. The molecule has 0 spiro atoms. The minimum absolute atomic E-state index is 0.296. The fraction of sp³-hybridized carbons (Fsp3) is 0.0435. The van der Waals surface area contributed by atoms with Crippen LogP contribution in [-0.2, 0) is 6.61 Å². The van der Waals surface area contributed by atoms with Gasteiger partial charge < -0.3 is 9.15 Å². The quantitative estimate of drug-likeness (QED) is 0.393. The van der Waals surface area contributed by atoms with Crippen LogP contribution in [0.25, 0.3) is 10.8 Å². The van der Waals surface area contributed by atoms with Gasteiger partial charge >= 0.3 is 0 Å². The number of furan rings is 1. The van der Waals surface area contributed by atoms with E-state index in [0.717, 1.165) is 22.1 Å². The molecular formula is C23H18N2O3. The minimum atomic E-state index is -0.296. The van der Waals surface area contributed by atoms with E-state index in [1.165, 1.54) is 6.21 Å². The van der Waals surface area contributed by atoms with Gasteiger partial charge in [0.2, 0.25) is 0 Å². The molecule has 0 radical (unpaired) electrons. The number of fused-ring (bicyclic) bond motifs is 1. The van der Waals surface area contributed by atoms with Gasteiger partial charge in [0.1, 0.15) is 18.1 Å². The van der Waals surface area contributed by atoms with Crippen molar-refractivity contribution < 1.29 is 13.9 Å². The molecule has 0 fully saturated rings. The molecule has 1 aromatic heterocycles. The van der Waals surface area contributed by atoms with Crippen LogP contribution in [0.4, 0.5) is 0 Å². The Hall–Kier alpha value is -3.86. The van der Waals surface area contributed by atoms with Gasteiger partial charge in [0.05, 0.1) is 12.5 Å². The van der Waals surface area contributed by atoms with Gasteiger partial charge in [-0.3, -0.25) is 4.79 Å². The summed E-state index contributed by atoms with van der Waals surface area (Å²) < 4.78 is 11.1. The average Bonchev–Trinajstić information content (AvgIpc) is 3.26. The summed E-state index contributed by atoms with van der Waals surface area (Å²) in [4.78, 5) is 12.3. The van der Waals surface area contributed by atoms with E-state index >= 15 is 0 Å². The van der Waals surface area contributed by atoms with Gasteiger partial charge in [-0.15, -0.1) is 0 Å². The molecule has 0 atom stereocenters. The van der Waals surface area contributed by atoms with Crippen LogP contribution in [0.15, 0.2) is 94.6 Å². The fourth-order valence-corrected chi connectivity index (χ4v) is 2.87. The highest BCUT2D eigenvalue weighted by molar-refractivity contribution is 5.94. The first-order valence-corrected chi connectivity index (χ1v) is 8.86. The Kier molecular flexibility index (Phi) is 5.15. The van der Waals surface area contributed by atoms with Crippen LogP contribution >= 0.6 is 0 Å². The number of carbonyl (C=O) groups excluding carboxylic acids is 1. The monoisotopic (exact) mass is 370 g/mol. The van der Waals surface area contributed by atoms with Crippen LogP contribution in [0, 0.1) is 0 Å². The summed E-state index contributed by atoms with van der Waals surface area (Å²) >= 11 is 0. The summed E-state index contributed by atoms with van der Waals surface area (Å²) in [7, 11) is 0. The number of nitrogens with one attached hydrogen (secondary N) is 1. The normalized spacial score (nSPS) is 11.0. The molecule has 5 heteroatoms. The number of nitrogens with zero attached hydrogens (tertiary/aromatic N) is 1. The minimum Gasteiger partial charge on any atom is -0.488 e. The van der Waals surface area contributed by atoms with Gasteiger partial charge in [-0.1, -0.05) is 48.5 Å². The number of hydrogen-bond donors (Lipinski definition) is 1. The Balaban J connectivity index is 1.42. The summed E-state index contributed by atoms with van der Waals surface area (Å²) in [5.41, 5.74) is 3.90. The van der Waals surface area contributed by atoms with Crippen molar-refractivity contribution in [3.05, 3.63) is 102 Å². The zero-order valence-electron chi connectivity index (χ0n) is 15.0. The average molecular weight is 370 g/mol. The van der Waals surface area contributed by atoms with Gasteiger partial charge in [0.15, 0.2) is 0 Å². The Morgan fingerprint density at radius 1 is 1.00 bits per heavy atom. The standard InChI is InChI=1S/C23H18N2O3/c26-23(25-24-15-20-10-5-13-27-20)19-9-3-6-17(14-19)16-28-22-12-4-8-18-7-1-2-11-21(18)22/h1-15H,16H2,(H,25,26)/b24-15-. The molecule has 0 aliphatic carbocycles. The number of ether oxygens (including phenoxy) is 1. The summed E-state index contributed by atoms with van der Waals surface area (Å²) in [6.07, 6.45) is 2.99. The molecule has 1 heterocycles. The first-order chi connectivity index (χ1) is 13.8. The lowest BCUT2D eigenvalue weighted by molar-refractivity contribution is 0.0955. The highest BCUT2D eigenvalue weighted by atomic mass is 16.5. The van der Waals surface area contributed by atoms with Crippen LogP contribution < -0.4 is 10.2 Å². The summed E-state index contributed by atoms with van der Waals surface area (Å²) in [5, 5.41) is 6.09. The first kappa shape index (κ1) is 17.5. The SMILES string of the molecule is O=C(N/N=C\c1ccco1)c1cccc(COc2cccc3ccccc23)c1. The molecule has 3 aromatic carbocycles. The zero-order chi connectivity index (χ0) is 19.2. The molecule has 0 saturated carbocycles. The first-order valence-electron chi connectivity index (χ1n) is 8.86. The molecule has 0 bridgehead atoms. The van der Waals surface area contributed by atoms with E-state index in [-0.39, 0.29) is 5.91 Å². The smallest absolute Gasteiger partial charge is 0.271 e. The van der Waals surface area contributed by atoms with Crippen LogP contribution in [-0.4, -0.2) is 12.1 Å². The van der Waals surface area contributed by atoms with Gasteiger partial charge in [0.25, 0.3) is 5.91 Å². The highest BCUT2D eigenvalue weighted by Crippen LogP contribution is 2.26. The third-order valence-corrected chi connectivity index (χ3v) is 4.23. The van der Waals surface area contributed by atoms with Crippen molar-refractivity contribution in [3.8, 4) is 5.75 Å². The third kappa shape index (κ3) is 4.10. The Labute approximate surface area is 162 Å². The number of hydrazone groups is 1. The maximum Gasteiger partial charge on any atom is 0.271 e. The van der Waals surface area contributed by atoms with E-state index in [9.17, 15) is 4.79 Å². The van der Waals surface area contributed by atoms with E-state index in [1.54, 1.807) is 30.5 Å². The number of amides is 1. The fourth-order valence-electron chi connectivity index (χ4n) is 2.87. The molecule has 4 aromatic rings. The molecule has 0 aliphatic rings. The zero-order valence-corrected chi connectivity index (χ0v) is 15.0.